The first-order valence-electron chi connectivity index (χ1n) is 9.01. The Morgan fingerprint density at radius 2 is 1.86 bits per heavy atom. The van der Waals surface area contributed by atoms with Crippen molar-refractivity contribution in [1.82, 2.24) is 10.3 Å². The van der Waals surface area contributed by atoms with E-state index in [0.717, 1.165) is 22.2 Å². The van der Waals surface area contributed by atoms with Gasteiger partial charge in [-0.3, -0.25) is 9.78 Å². The van der Waals surface area contributed by atoms with Crippen molar-refractivity contribution in [2.24, 2.45) is 0 Å². The van der Waals surface area contributed by atoms with Gasteiger partial charge in [0.25, 0.3) is 5.91 Å². The number of aromatic nitrogens is 1. The van der Waals surface area contributed by atoms with Crippen LogP contribution in [0.4, 0.5) is 5.69 Å². The molecular formula is C22H23N3O4. The summed E-state index contributed by atoms with van der Waals surface area (Å²) >= 11 is 0. The van der Waals surface area contributed by atoms with E-state index in [1.54, 1.807) is 6.07 Å². The molecule has 29 heavy (non-hydrogen) atoms. The molecule has 0 aliphatic carbocycles. The average Bonchev–Trinajstić information content (AvgIpc) is 2.66. The molecule has 1 heterocycles. The Morgan fingerprint density at radius 3 is 2.55 bits per heavy atom. The molecule has 3 rings (SSSR count). The van der Waals surface area contributed by atoms with Crippen LogP contribution in [0.2, 0.25) is 0 Å². The molecule has 1 unspecified atom stereocenters. The Kier molecular flexibility index (Phi) is 7.46. The lowest BCUT2D eigenvalue weighted by Gasteiger charge is -2.17. The predicted molar refractivity (Wildman–Crippen MR) is 110 cm³/mol. The van der Waals surface area contributed by atoms with Crippen LogP contribution in [-0.2, 0) is 9.59 Å². The Bertz CT molecular complexity index is 1040. The van der Waals surface area contributed by atoms with Crippen molar-refractivity contribution in [1.29, 1.82) is 0 Å². The lowest BCUT2D eigenvalue weighted by Crippen LogP contribution is -2.36. The number of pyridine rings is 1. The molecule has 0 fully saturated rings. The number of fused-ring (bicyclic) bond motifs is 1. The Labute approximate surface area is 168 Å². The highest BCUT2D eigenvalue weighted by atomic mass is 16.5. The summed E-state index contributed by atoms with van der Waals surface area (Å²) < 4.78 is 5.93. The highest BCUT2D eigenvalue weighted by Crippen LogP contribution is 2.30. The number of nitrogens with one attached hydrogen (secondary N) is 1. The monoisotopic (exact) mass is 393 g/mol. The molecule has 3 aromatic rings. The maximum atomic E-state index is 12.3. The number of aryl methyl sites for hydroxylation is 2. The summed E-state index contributed by atoms with van der Waals surface area (Å²) in [6.07, 6.45) is 0.250. The summed E-state index contributed by atoms with van der Waals surface area (Å²) in [4.78, 5) is 33.1. The van der Waals surface area contributed by atoms with Gasteiger partial charge in [0, 0.05) is 16.9 Å². The third kappa shape index (κ3) is 5.89. The molecule has 2 aromatic carbocycles. The summed E-state index contributed by atoms with van der Waals surface area (Å²) in [6.45, 7) is 6.12. The van der Waals surface area contributed by atoms with E-state index in [-0.39, 0.29) is 18.1 Å². The molecule has 0 bridgehead atoms. The summed E-state index contributed by atoms with van der Waals surface area (Å²) in [6, 6.07) is 14.8. The molecule has 150 valence electrons. The molecule has 0 saturated heterocycles. The Morgan fingerprint density at radius 1 is 1.17 bits per heavy atom. The van der Waals surface area contributed by atoms with Gasteiger partial charge in [0.2, 0.25) is 0 Å². The second kappa shape index (κ2) is 10.0. The molecular weight excluding hydrogens is 370 g/mol. The first kappa shape index (κ1) is 21.6. The number of nitrogens with zero attached hydrogens (tertiary/aromatic N) is 1. The van der Waals surface area contributed by atoms with Gasteiger partial charge >= 0.3 is 6.15 Å². The van der Waals surface area contributed by atoms with Gasteiger partial charge in [0.1, 0.15) is 12.4 Å². The number of nitrogen functional groups attached to an aromatic ring is 1. The third-order valence-corrected chi connectivity index (χ3v) is 4.10. The van der Waals surface area contributed by atoms with Gasteiger partial charge in [-0.15, -0.1) is 0 Å². The molecule has 1 amide bonds. The van der Waals surface area contributed by atoms with Crippen LogP contribution in [0.1, 0.15) is 28.5 Å². The van der Waals surface area contributed by atoms with Crippen molar-refractivity contribution in [2.45, 2.75) is 26.8 Å². The standard InChI is InChI=1S/C21H23N3O2.CO2/c1-13-6-4-7-16(10-13)21(25)24-15(3)12-26-19-9-5-8-18-20(19)17(22)11-14(2)23-18;2-1-3/h4-11,15H,12H2,1-3H3,(H2,22,23)(H,24,25);. The van der Waals surface area contributed by atoms with Crippen LogP contribution in [0.15, 0.2) is 48.5 Å². The van der Waals surface area contributed by atoms with Gasteiger partial charge < -0.3 is 15.8 Å². The number of hydrogen-bond acceptors (Lipinski definition) is 6. The van der Waals surface area contributed by atoms with Crippen molar-refractivity contribution in [2.75, 3.05) is 12.3 Å². The van der Waals surface area contributed by atoms with Crippen molar-refractivity contribution in [3.63, 3.8) is 0 Å². The highest BCUT2D eigenvalue weighted by Gasteiger charge is 2.12. The van der Waals surface area contributed by atoms with Gasteiger partial charge in [-0.05, 0) is 51.1 Å². The minimum absolute atomic E-state index is 0.112. The van der Waals surface area contributed by atoms with Crippen LogP contribution < -0.4 is 15.8 Å². The summed E-state index contributed by atoms with van der Waals surface area (Å²) in [5.74, 6) is 0.559. The van der Waals surface area contributed by atoms with Crippen LogP contribution >= 0.6 is 0 Å². The van der Waals surface area contributed by atoms with E-state index in [1.165, 1.54) is 0 Å². The summed E-state index contributed by atoms with van der Waals surface area (Å²) in [5.41, 5.74) is 10.1. The van der Waals surface area contributed by atoms with Crippen molar-refractivity contribution < 1.29 is 19.1 Å². The zero-order chi connectivity index (χ0) is 21.4. The molecule has 0 aliphatic rings. The topological polar surface area (TPSA) is 111 Å². The number of anilines is 1. The third-order valence-electron chi connectivity index (χ3n) is 4.10. The van der Waals surface area contributed by atoms with Crippen LogP contribution in [0, 0.1) is 13.8 Å². The first-order chi connectivity index (χ1) is 13.8. The zero-order valence-electron chi connectivity index (χ0n) is 16.6. The minimum atomic E-state index is -0.155. The lowest BCUT2D eigenvalue weighted by molar-refractivity contribution is -0.191. The highest BCUT2D eigenvalue weighted by molar-refractivity contribution is 5.96. The molecule has 7 nitrogen and oxygen atoms in total. The fourth-order valence-electron chi connectivity index (χ4n) is 2.89. The molecule has 0 aliphatic heterocycles. The molecule has 0 spiro atoms. The number of rotatable bonds is 5. The number of amides is 1. The fourth-order valence-corrected chi connectivity index (χ4v) is 2.89. The molecule has 0 radical (unpaired) electrons. The fraction of sp³-hybridized carbons (Fsp3) is 0.227. The van der Waals surface area contributed by atoms with Crippen molar-refractivity contribution in [3.8, 4) is 5.75 Å². The van der Waals surface area contributed by atoms with Crippen LogP contribution in [0.5, 0.6) is 5.75 Å². The van der Waals surface area contributed by atoms with E-state index < -0.39 is 0 Å². The van der Waals surface area contributed by atoms with E-state index in [0.29, 0.717) is 23.6 Å². The molecule has 7 heteroatoms. The van der Waals surface area contributed by atoms with Crippen LogP contribution in [0.3, 0.4) is 0 Å². The normalized spacial score (nSPS) is 11.0. The minimum Gasteiger partial charge on any atom is -0.491 e. The second-order valence-corrected chi connectivity index (χ2v) is 6.64. The predicted octanol–water partition coefficient (Wildman–Crippen LogP) is 3.05. The van der Waals surface area contributed by atoms with Gasteiger partial charge in [0.15, 0.2) is 0 Å². The number of ether oxygens (including phenoxy) is 1. The smallest absolute Gasteiger partial charge is 0.373 e. The molecule has 0 saturated carbocycles. The van der Waals surface area contributed by atoms with Crippen LogP contribution in [-0.4, -0.2) is 29.7 Å². The molecule has 3 N–H and O–H groups in total. The maximum absolute atomic E-state index is 12.3. The van der Waals surface area contributed by atoms with Gasteiger partial charge in [-0.25, -0.2) is 0 Å². The number of benzene rings is 2. The number of carbonyl (C=O) groups excluding carboxylic acids is 3. The number of hydrogen-bond donors (Lipinski definition) is 2. The second-order valence-electron chi connectivity index (χ2n) is 6.64. The Balaban J connectivity index is 0.000000941. The van der Waals surface area contributed by atoms with Gasteiger partial charge in [0.05, 0.1) is 16.9 Å². The number of nitrogens with two attached hydrogens (primary N) is 1. The van der Waals surface area contributed by atoms with E-state index in [2.05, 4.69) is 10.3 Å². The van der Waals surface area contributed by atoms with Crippen LogP contribution in [0.25, 0.3) is 10.9 Å². The van der Waals surface area contributed by atoms with E-state index in [9.17, 15) is 4.79 Å². The maximum Gasteiger partial charge on any atom is 0.373 e. The Hall–Kier alpha value is -3.70. The van der Waals surface area contributed by atoms with E-state index >= 15 is 0 Å². The van der Waals surface area contributed by atoms with E-state index in [1.807, 2.05) is 63.2 Å². The zero-order valence-corrected chi connectivity index (χ0v) is 16.6. The first-order valence-corrected chi connectivity index (χ1v) is 9.01. The van der Waals surface area contributed by atoms with Gasteiger partial charge in [-0.1, -0.05) is 23.8 Å². The quantitative estimate of drug-likeness (QED) is 0.689. The molecule has 1 aromatic heterocycles. The summed E-state index contributed by atoms with van der Waals surface area (Å²) in [5, 5.41) is 3.76. The largest absolute Gasteiger partial charge is 0.491 e. The van der Waals surface area contributed by atoms with Gasteiger partial charge in [-0.2, -0.15) is 9.59 Å². The average molecular weight is 393 g/mol. The summed E-state index contributed by atoms with van der Waals surface area (Å²) in [7, 11) is 0. The SMILES string of the molecule is Cc1cccc(C(=O)NC(C)COc2cccc3nc(C)cc(N)c23)c1.O=C=O. The van der Waals surface area contributed by atoms with Crippen molar-refractivity contribution >= 4 is 28.6 Å². The van der Waals surface area contributed by atoms with E-state index in [4.69, 9.17) is 20.1 Å². The number of carbonyl (C=O) groups is 1. The lowest BCUT2D eigenvalue weighted by atomic mass is 10.1. The van der Waals surface area contributed by atoms with Crippen molar-refractivity contribution in [3.05, 3.63) is 65.4 Å². The molecule has 1 atom stereocenters.